The van der Waals surface area contributed by atoms with E-state index in [0.717, 1.165) is 14.5 Å². The molecule has 2 aromatic carbocycles. The predicted molar refractivity (Wildman–Crippen MR) is 85.3 cm³/mol. The Bertz CT molecular complexity index is 604. The van der Waals surface area contributed by atoms with Crippen LogP contribution in [0.2, 0.25) is 5.02 Å². The molecule has 1 unspecified atom stereocenters. The highest BCUT2D eigenvalue weighted by molar-refractivity contribution is 9.11. The summed E-state index contributed by atoms with van der Waals surface area (Å²) in [5, 5.41) is 3.63. The Morgan fingerprint density at radius 2 is 1.89 bits per heavy atom. The average Bonchev–Trinajstić information content (AvgIpc) is 2.33. The molecule has 5 heteroatoms. The molecule has 100 valence electrons. The van der Waals surface area contributed by atoms with Crippen molar-refractivity contribution in [2.45, 2.75) is 13.0 Å². The molecule has 0 aliphatic rings. The number of nitrogens with one attached hydrogen (secondary N) is 1. The van der Waals surface area contributed by atoms with Gasteiger partial charge in [-0.15, -0.1) is 0 Å². The Balaban J connectivity index is 2.25. The third kappa shape index (κ3) is 3.71. The van der Waals surface area contributed by atoms with Crippen LogP contribution in [0.3, 0.4) is 0 Å². The third-order valence-electron chi connectivity index (χ3n) is 2.73. The monoisotopic (exact) mass is 405 g/mol. The maximum Gasteiger partial charge on any atom is 0.146 e. The van der Waals surface area contributed by atoms with E-state index in [-0.39, 0.29) is 11.9 Å². The topological polar surface area (TPSA) is 12.0 Å². The number of halogens is 4. The van der Waals surface area contributed by atoms with Crippen molar-refractivity contribution in [3.05, 3.63) is 61.7 Å². The number of benzene rings is 2. The van der Waals surface area contributed by atoms with E-state index < -0.39 is 0 Å². The van der Waals surface area contributed by atoms with Crippen LogP contribution in [0.4, 0.5) is 10.1 Å². The van der Waals surface area contributed by atoms with Crippen LogP contribution in [0.15, 0.2) is 45.3 Å². The summed E-state index contributed by atoms with van der Waals surface area (Å²) in [6, 6.07) is 10.3. The lowest BCUT2D eigenvalue weighted by Crippen LogP contribution is -2.08. The molecule has 0 aliphatic carbocycles. The van der Waals surface area contributed by atoms with Crippen molar-refractivity contribution in [2.24, 2.45) is 0 Å². The highest BCUT2D eigenvalue weighted by Crippen LogP contribution is 2.30. The van der Waals surface area contributed by atoms with Gasteiger partial charge >= 0.3 is 0 Å². The van der Waals surface area contributed by atoms with Crippen molar-refractivity contribution in [3.63, 3.8) is 0 Å². The Labute approximate surface area is 133 Å². The lowest BCUT2D eigenvalue weighted by Gasteiger charge is -2.18. The molecule has 19 heavy (non-hydrogen) atoms. The molecule has 0 amide bonds. The van der Waals surface area contributed by atoms with E-state index in [2.05, 4.69) is 37.2 Å². The lowest BCUT2D eigenvalue weighted by molar-refractivity contribution is 0.627. The van der Waals surface area contributed by atoms with Crippen LogP contribution in [0.25, 0.3) is 0 Å². The van der Waals surface area contributed by atoms with E-state index in [1.165, 1.54) is 12.1 Å². The molecule has 0 fully saturated rings. The van der Waals surface area contributed by atoms with Crippen molar-refractivity contribution in [2.75, 3.05) is 5.32 Å². The number of rotatable bonds is 3. The molecule has 0 heterocycles. The molecule has 1 atom stereocenters. The second-order valence-electron chi connectivity index (χ2n) is 4.16. The number of anilines is 1. The van der Waals surface area contributed by atoms with E-state index in [9.17, 15) is 4.39 Å². The van der Waals surface area contributed by atoms with Crippen molar-refractivity contribution >= 4 is 49.1 Å². The van der Waals surface area contributed by atoms with Gasteiger partial charge in [0.05, 0.1) is 5.69 Å². The summed E-state index contributed by atoms with van der Waals surface area (Å²) in [4.78, 5) is 0. The first-order valence-corrected chi connectivity index (χ1v) is 7.60. The van der Waals surface area contributed by atoms with Gasteiger partial charge in [-0.05, 0) is 42.8 Å². The van der Waals surface area contributed by atoms with Gasteiger partial charge in [0.2, 0.25) is 0 Å². The molecule has 2 rings (SSSR count). The average molecular weight is 408 g/mol. The third-order valence-corrected chi connectivity index (χ3v) is 4.14. The normalized spacial score (nSPS) is 12.3. The fourth-order valence-corrected chi connectivity index (χ4v) is 3.33. The second-order valence-corrected chi connectivity index (χ2v) is 6.36. The van der Waals surface area contributed by atoms with Crippen molar-refractivity contribution in [1.29, 1.82) is 0 Å². The second kappa shape index (κ2) is 6.25. The van der Waals surface area contributed by atoms with E-state index in [1.807, 2.05) is 25.1 Å². The predicted octanol–water partition coefficient (Wildman–Crippen LogP) is 6.18. The molecule has 0 saturated heterocycles. The largest absolute Gasteiger partial charge is 0.376 e. The maximum atomic E-state index is 13.7. The summed E-state index contributed by atoms with van der Waals surface area (Å²) in [7, 11) is 0. The van der Waals surface area contributed by atoms with Crippen LogP contribution in [0, 0.1) is 5.82 Å². The SMILES string of the molecule is CC(Nc1cc(Cl)ccc1F)c1ccc(Br)cc1Br. The molecule has 1 N–H and O–H groups in total. The van der Waals surface area contributed by atoms with Crippen LogP contribution >= 0.6 is 43.5 Å². The van der Waals surface area contributed by atoms with Crippen LogP contribution < -0.4 is 5.32 Å². The van der Waals surface area contributed by atoms with Crippen molar-refractivity contribution in [1.82, 2.24) is 0 Å². The zero-order chi connectivity index (χ0) is 14.0. The van der Waals surface area contributed by atoms with Gasteiger partial charge in [-0.25, -0.2) is 4.39 Å². The van der Waals surface area contributed by atoms with Crippen molar-refractivity contribution in [3.8, 4) is 0 Å². The number of hydrogen-bond donors (Lipinski definition) is 1. The Kier molecular flexibility index (Phi) is 4.87. The van der Waals surface area contributed by atoms with Crippen LogP contribution in [-0.2, 0) is 0 Å². The first-order chi connectivity index (χ1) is 8.97. The minimum Gasteiger partial charge on any atom is -0.376 e. The van der Waals surface area contributed by atoms with E-state index in [1.54, 1.807) is 6.07 Å². The summed E-state index contributed by atoms with van der Waals surface area (Å²) >= 11 is 12.8. The van der Waals surface area contributed by atoms with E-state index >= 15 is 0 Å². The summed E-state index contributed by atoms with van der Waals surface area (Å²) in [6.45, 7) is 1.97. The Hall–Kier alpha value is -0.580. The molecular weight excluding hydrogens is 396 g/mol. The zero-order valence-electron chi connectivity index (χ0n) is 10.1. The van der Waals surface area contributed by atoms with Crippen LogP contribution in [0.5, 0.6) is 0 Å². The Morgan fingerprint density at radius 1 is 1.16 bits per heavy atom. The highest BCUT2D eigenvalue weighted by atomic mass is 79.9. The van der Waals surface area contributed by atoms with Gasteiger partial charge in [0.25, 0.3) is 0 Å². The highest BCUT2D eigenvalue weighted by Gasteiger charge is 2.12. The maximum absolute atomic E-state index is 13.7. The fourth-order valence-electron chi connectivity index (χ4n) is 1.77. The van der Waals surface area contributed by atoms with Gasteiger partial charge in [0.1, 0.15) is 5.82 Å². The summed E-state index contributed by atoms with van der Waals surface area (Å²) in [5.74, 6) is -0.315. The first-order valence-electron chi connectivity index (χ1n) is 5.64. The van der Waals surface area contributed by atoms with E-state index in [4.69, 9.17) is 11.6 Å². The molecule has 0 saturated carbocycles. The van der Waals surface area contributed by atoms with Gasteiger partial charge in [0, 0.05) is 20.0 Å². The van der Waals surface area contributed by atoms with Crippen molar-refractivity contribution < 1.29 is 4.39 Å². The van der Waals surface area contributed by atoms with Gasteiger partial charge in [-0.3, -0.25) is 0 Å². The minimum atomic E-state index is -0.315. The standard InChI is InChI=1S/C14H11Br2ClFN/c1-8(11-4-2-9(15)6-12(11)16)19-14-7-10(17)3-5-13(14)18/h2-8,19H,1H3. The zero-order valence-corrected chi connectivity index (χ0v) is 14.0. The van der Waals surface area contributed by atoms with Gasteiger partial charge < -0.3 is 5.32 Å². The Morgan fingerprint density at radius 3 is 2.58 bits per heavy atom. The molecule has 0 aliphatic heterocycles. The van der Waals surface area contributed by atoms with Gasteiger partial charge in [-0.1, -0.05) is 49.5 Å². The van der Waals surface area contributed by atoms with Crippen LogP contribution in [0.1, 0.15) is 18.5 Å². The molecule has 2 aromatic rings. The van der Waals surface area contributed by atoms with E-state index in [0.29, 0.717) is 10.7 Å². The quantitative estimate of drug-likeness (QED) is 0.641. The smallest absolute Gasteiger partial charge is 0.146 e. The molecule has 1 nitrogen and oxygen atoms in total. The molecule has 0 bridgehead atoms. The minimum absolute atomic E-state index is 0.0459. The van der Waals surface area contributed by atoms with Gasteiger partial charge in [-0.2, -0.15) is 0 Å². The fraction of sp³-hybridized carbons (Fsp3) is 0.143. The summed E-state index contributed by atoms with van der Waals surface area (Å²) in [6.07, 6.45) is 0. The molecule has 0 spiro atoms. The molecule has 0 radical (unpaired) electrons. The van der Waals surface area contributed by atoms with Crippen LogP contribution in [-0.4, -0.2) is 0 Å². The lowest BCUT2D eigenvalue weighted by atomic mass is 10.1. The number of hydrogen-bond acceptors (Lipinski definition) is 1. The molecule has 0 aromatic heterocycles. The summed E-state index contributed by atoms with van der Waals surface area (Å²) < 4.78 is 15.6. The first kappa shape index (κ1) is 14.8. The summed E-state index contributed by atoms with van der Waals surface area (Å²) in [5.41, 5.74) is 1.44. The molecular formula is C14H11Br2ClFN. The van der Waals surface area contributed by atoms with Gasteiger partial charge in [0.15, 0.2) is 0 Å².